The van der Waals surface area contributed by atoms with Crippen LogP contribution in [0, 0.1) is 5.92 Å². The average Bonchev–Trinajstić information content (AvgIpc) is 2.46. The summed E-state index contributed by atoms with van der Waals surface area (Å²) in [6, 6.07) is 9.32. The molecule has 0 radical (unpaired) electrons. The Balaban J connectivity index is 1.75. The molecule has 1 aromatic rings. The number of carbonyl (C=O) groups is 2. The van der Waals surface area contributed by atoms with Gasteiger partial charge in [-0.2, -0.15) is 11.8 Å². The Morgan fingerprint density at radius 2 is 1.74 bits per heavy atom. The van der Waals surface area contributed by atoms with E-state index in [-0.39, 0.29) is 11.7 Å². The third-order valence-electron chi connectivity index (χ3n) is 3.57. The number of aliphatic carboxylic acids is 1. The fraction of sp³-hybridized carbons (Fsp3) is 0.467. The standard InChI is InChI=1S/C15H18O3S/c16-14(11-4-2-1-3-5-11)10-19-13-8-6-12(7-9-13)15(17)18/h1-5,12-13H,6-10H2,(H,17,18). The zero-order valence-electron chi connectivity index (χ0n) is 10.7. The molecule has 1 aliphatic carbocycles. The Morgan fingerprint density at radius 1 is 1.11 bits per heavy atom. The minimum atomic E-state index is -0.677. The largest absolute Gasteiger partial charge is 0.481 e. The predicted octanol–water partition coefficient (Wildman–Crippen LogP) is 3.25. The highest BCUT2D eigenvalue weighted by atomic mass is 32.2. The molecule has 2 rings (SSSR count). The summed E-state index contributed by atoms with van der Waals surface area (Å²) in [5.74, 6) is -0.205. The first-order chi connectivity index (χ1) is 9.16. The zero-order chi connectivity index (χ0) is 13.7. The van der Waals surface area contributed by atoms with Crippen LogP contribution in [0.4, 0.5) is 0 Å². The summed E-state index contributed by atoms with van der Waals surface area (Å²) >= 11 is 1.67. The van der Waals surface area contributed by atoms with Crippen LogP contribution in [0.25, 0.3) is 0 Å². The number of Topliss-reactive ketones (excluding diaryl/α,β-unsaturated/α-hetero) is 1. The van der Waals surface area contributed by atoms with Crippen LogP contribution in [-0.2, 0) is 4.79 Å². The van der Waals surface area contributed by atoms with Crippen molar-refractivity contribution in [2.24, 2.45) is 5.92 Å². The lowest BCUT2D eigenvalue weighted by atomic mass is 9.89. The monoisotopic (exact) mass is 278 g/mol. The lowest BCUT2D eigenvalue weighted by molar-refractivity contribution is -0.142. The van der Waals surface area contributed by atoms with Gasteiger partial charge in [0.15, 0.2) is 5.78 Å². The molecule has 0 atom stereocenters. The van der Waals surface area contributed by atoms with Crippen LogP contribution in [0.1, 0.15) is 36.0 Å². The summed E-state index contributed by atoms with van der Waals surface area (Å²) in [4.78, 5) is 22.8. The maximum atomic E-state index is 11.9. The van der Waals surface area contributed by atoms with E-state index in [1.807, 2.05) is 30.3 Å². The molecule has 0 saturated heterocycles. The fourth-order valence-corrected chi connectivity index (χ4v) is 3.54. The molecule has 3 nitrogen and oxygen atoms in total. The molecule has 1 saturated carbocycles. The molecule has 0 heterocycles. The third-order valence-corrected chi connectivity index (χ3v) is 4.94. The van der Waals surface area contributed by atoms with Crippen LogP contribution in [0.2, 0.25) is 0 Å². The molecule has 0 amide bonds. The Hall–Kier alpha value is -1.29. The smallest absolute Gasteiger partial charge is 0.306 e. The zero-order valence-corrected chi connectivity index (χ0v) is 11.6. The van der Waals surface area contributed by atoms with Crippen LogP contribution in [0.15, 0.2) is 30.3 Å². The van der Waals surface area contributed by atoms with E-state index in [0.717, 1.165) is 31.2 Å². The van der Waals surface area contributed by atoms with Crippen LogP contribution in [0.5, 0.6) is 0 Å². The van der Waals surface area contributed by atoms with Gasteiger partial charge in [0.05, 0.1) is 11.7 Å². The van der Waals surface area contributed by atoms with Gasteiger partial charge in [0.2, 0.25) is 0 Å². The Kier molecular flexibility index (Phi) is 5.02. The third kappa shape index (κ3) is 4.10. The van der Waals surface area contributed by atoms with E-state index in [4.69, 9.17) is 5.11 Å². The minimum Gasteiger partial charge on any atom is -0.481 e. The van der Waals surface area contributed by atoms with E-state index in [0.29, 0.717) is 11.0 Å². The minimum absolute atomic E-state index is 0.158. The van der Waals surface area contributed by atoms with Crippen molar-refractivity contribution in [3.63, 3.8) is 0 Å². The highest BCUT2D eigenvalue weighted by Crippen LogP contribution is 2.32. The molecule has 0 unspecified atom stereocenters. The number of carboxylic acids is 1. The van der Waals surface area contributed by atoms with Crippen LogP contribution in [0.3, 0.4) is 0 Å². The van der Waals surface area contributed by atoms with Crippen molar-refractivity contribution >= 4 is 23.5 Å². The molecule has 1 fully saturated rings. The van der Waals surface area contributed by atoms with E-state index in [1.165, 1.54) is 0 Å². The maximum absolute atomic E-state index is 11.9. The number of benzene rings is 1. The number of ketones is 1. The van der Waals surface area contributed by atoms with Crippen molar-refractivity contribution in [1.29, 1.82) is 0 Å². The summed E-state index contributed by atoms with van der Waals surface area (Å²) in [6.45, 7) is 0. The number of rotatable bonds is 5. The number of carbonyl (C=O) groups excluding carboxylic acids is 1. The van der Waals surface area contributed by atoms with Crippen molar-refractivity contribution < 1.29 is 14.7 Å². The van der Waals surface area contributed by atoms with Gasteiger partial charge >= 0.3 is 5.97 Å². The van der Waals surface area contributed by atoms with Gasteiger partial charge in [0, 0.05) is 10.8 Å². The molecule has 4 heteroatoms. The van der Waals surface area contributed by atoms with E-state index in [1.54, 1.807) is 11.8 Å². The maximum Gasteiger partial charge on any atom is 0.306 e. The first kappa shape index (κ1) is 14.1. The molecular weight excluding hydrogens is 260 g/mol. The van der Waals surface area contributed by atoms with E-state index in [2.05, 4.69) is 0 Å². The summed E-state index contributed by atoms with van der Waals surface area (Å²) < 4.78 is 0. The fourth-order valence-electron chi connectivity index (χ4n) is 2.38. The van der Waals surface area contributed by atoms with E-state index >= 15 is 0 Å². The summed E-state index contributed by atoms with van der Waals surface area (Å²) in [5.41, 5.74) is 0.759. The molecule has 0 aliphatic heterocycles. The van der Waals surface area contributed by atoms with Crippen LogP contribution >= 0.6 is 11.8 Å². The van der Waals surface area contributed by atoms with Gasteiger partial charge in [-0.15, -0.1) is 0 Å². The quantitative estimate of drug-likeness (QED) is 0.840. The van der Waals surface area contributed by atoms with Crippen molar-refractivity contribution in [3.8, 4) is 0 Å². The molecule has 0 aromatic heterocycles. The second kappa shape index (κ2) is 6.75. The number of carboxylic acid groups (broad SMARTS) is 1. The van der Waals surface area contributed by atoms with Crippen LogP contribution < -0.4 is 0 Å². The van der Waals surface area contributed by atoms with E-state index in [9.17, 15) is 9.59 Å². The molecule has 1 aromatic carbocycles. The summed E-state index contributed by atoms with van der Waals surface area (Å²) in [7, 11) is 0. The molecule has 1 aliphatic rings. The van der Waals surface area contributed by atoms with Crippen LogP contribution in [-0.4, -0.2) is 27.9 Å². The molecule has 0 bridgehead atoms. The van der Waals surface area contributed by atoms with Crippen molar-refractivity contribution in [2.75, 3.05) is 5.75 Å². The highest BCUT2D eigenvalue weighted by Gasteiger charge is 2.26. The molecule has 102 valence electrons. The first-order valence-corrected chi connectivity index (χ1v) is 7.64. The molecule has 0 spiro atoms. The first-order valence-electron chi connectivity index (χ1n) is 6.59. The van der Waals surface area contributed by atoms with Gasteiger partial charge in [-0.25, -0.2) is 0 Å². The summed E-state index contributed by atoms with van der Waals surface area (Å²) in [5, 5.41) is 9.36. The second-order valence-corrected chi connectivity index (χ2v) is 6.20. The number of thioether (sulfide) groups is 1. The number of hydrogen-bond donors (Lipinski definition) is 1. The number of hydrogen-bond acceptors (Lipinski definition) is 3. The van der Waals surface area contributed by atoms with Gasteiger partial charge in [0.25, 0.3) is 0 Å². The van der Waals surface area contributed by atoms with Crippen molar-refractivity contribution in [2.45, 2.75) is 30.9 Å². The van der Waals surface area contributed by atoms with Gasteiger partial charge in [0.1, 0.15) is 0 Å². The van der Waals surface area contributed by atoms with Crippen molar-refractivity contribution in [3.05, 3.63) is 35.9 Å². The molecule has 1 N–H and O–H groups in total. The predicted molar refractivity (Wildman–Crippen MR) is 76.6 cm³/mol. The van der Waals surface area contributed by atoms with Gasteiger partial charge in [-0.3, -0.25) is 9.59 Å². The molecule has 19 heavy (non-hydrogen) atoms. The van der Waals surface area contributed by atoms with Crippen molar-refractivity contribution in [1.82, 2.24) is 0 Å². The molecular formula is C15H18O3S. The average molecular weight is 278 g/mol. The summed E-state index contributed by atoms with van der Waals surface area (Å²) in [6.07, 6.45) is 3.30. The van der Waals surface area contributed by atoms with Gasteiger partial charge in [-0.05, 0) is 25.7 Å². The Labute approximate surface area is 117 Å². The van der Waals surface area contributed by atoms with Gasteiger partial charge in [-0.1, -0.05) is 30.3 Å². The SMILES string of the molecule is O=C(CSC1CCC(C(=O)O)CC1)c1ccccc1. The normalized spacial score (nSPS) is 22.9. The Bertz CT molecular complexity index is 436. The van der Waals surface area contributed by atoms with Gasteiger partial charge < -0.3 is 5.11 Å². The lowest BCUT2D eigenvalue weighted by Gasteiger charge is -2.25. The topological polar surface area (TPSA) is 54.4 Å². The Morgan fingerprint density at radius 3 is 2.32 bits per heavy atom. The highest BCUT2D eigenvalue weighted by molar-refractivity contribution is 8.00. The second-order valence-electron chi connectivity index (χ2n) is 4.91. The lowest BCUT2D eigenvalue weighted by Crippen LogP contribution is -2.23. The van der Waals surface area contributed by atoms with E-state index < -0.39 is 5.97 Å².